The van der Waals surface area contributed by atoms with Crippen molar-refractivity contribution in [2.24, 2.45) is 0 Å². The largest absolute Gasteiger partial charge is 0.394 e. The second-order valence-electron chi connectivity index (χ2n) is 9.30. The van der Waals surface area contributed by atoms with Crippen molar-refractivity contribution in [2.75, 3.05) is 20.3 Å². The summed E-state index contributed by atoms with van der Waals surface area (Å²) in [5, 5.41) is 83.6. The van der Waals surface area contributed by atoms with E-state index in [-0.39, 0.29) is 0 Å². The second kappa shape index (κ2) is 12.8. The number of aliphatic hydroxyl groups excluding tert-OH is 8. The number of carbonyl (C=O) groups is 1. The molecule has 16 nitrogen and oxygen atoms in total. The van der Waals surface area contributed by atoms with Crippen molar-refractivity contribution >= 4 is 5.91 Å². The van der Waals surface area contributed by atoms with Crippen molar-refractivity contribution in [1.82, 2.24) is 5.32 Å². The van der Waals surface area contributed by atoms with E-state index in [1.54, 1.807) is 0 Å². The van der Waals surface area contributed by atoms with Gasteiger partial charge in [0, 0.05) is 14.0 Å². The molecule has 3 aliphatic rings. The molecule has 3 fully saturated rings. The number of carbonyl (C=O) groups excluding carboxylic acids is 1. The highest BCUT2D eigenvalue weighted by molar-refractivity contribution is 5.73. The Morgan fingerprint density at radius 2 is 1.46 bits per heavy atom. The van der Waals surface area contributed by atoms with Crippen LogP contribution in [0.1, 0.15) is 13.8 Å². The van der Waals surface area contributed by atoms with Crippen LogP contribution in [0.25, 0.3) is 0 Å². The Bertz CT molecular complexity index is 747. The summed E-state index contributed by atoms with van der Waals surface area (Å²) in [5.74, 6) is -0.600. The van der Waals surface area contributed by atoms with E-state index >= 15 is 0 Å². The maximum atomic E-state index is 11.7. The van der Waals surface area contributed by atoms with E-state index in [9.17, 15) is 45.6 Å². The number of nitrogens with one attached hydrogen (secondary N) is 1. The van der Waals surface area contributed by atoms with Crippen LogP contribution in [-0.4, -0.2) is 159 Å². The van der Waals surface area contributed by atoms with E-state index in [0.717, 1.165) is 6.92 Å². The quantitative estimate of drug-likeness (QED) is 0.138. The minimum Gasteiger partial charge on any atom is -0.394 e. The Labute approximate surface area is 212 Å². The second-order valence-corrected chi connectivity index (χ2v) is 9.30. The Morgan fingerprint density at radius 1 is 0.811 bits per heavy atom. The zero-order chi connectivity index (χ0) is 27.6. The molecule has 0 aromatic carbocycles. The normalized spacial score (nSPS) is 49.0. The van der Waals surface area contributed by atoms with Gasteiger partial charge in [-0.15, -0.1) is 0 Å². The Balaban J connectivity index is 1.79. The van der Waals surface area contributed by atoms with Crippen molar-refractivity contribution in [2.45, 2.75) is 106 Å². The van der Waals surface area contributed by atoms with Gasteiger partial charge in [-0.1, -0.05) is 0 Å². The van der Waals surface area contributed by atoms with E-state index in [1.807, 2.05) is 0 Å². The van der Waals surface area contributed by atoms with Gasteiger partial charge in [0.15, 0.2) is 18.9 Å². The highest BCUT2D eigenvalue weighted by Crippen LogP contribution is 2.31. The van der Waals surface area contributed by atoms with Gasteiger partial charge in [0.2, 0.25) is 5.91 Å². The number of rotatable bonds is 8. The molecule has 0 bridgehead atoms. The van der Waals surface area contributed by atoms with Crippen molar-refractivity contribution in [3.63, 3.8) is 0 Å². The monoisotopic (exact) mass is 543 g/mol. The summed E-state index contributed by atoms with van der Waals surface area (Å²) in [5.41, 5.74) is 0. The number of hydrogen-bond acceptors (Lipinski definition) is 15. The molecule has 3 saturated heterocycles. The van der Waals surface area contributed by atoms with Crippen molar-refractivity contribution < 1.29 is 74.1 Å². The molecule has 0 spiro atoms. The molecule has 37 heavy (non-hydrogen) atoms. The van der Waals surface area contributed by atoms with Crippen LogP contribution >= 0.6 is 0 Å². The summed E-state index contributed by atoms with van der Waals surface area (Å²) in [6.07, 6.45) is -20.1. The van der Waals surface area contributed by atoms with Gasteiger partial charge in [-0.05, 0) is 6.92 Å². The van der Waals surface area contributed by atoms with Gasteiger partial charge in [0.25, 0.3) is 0 Å². The first-order chi connectivity index (χ1) is 17.4. The average Bonchev–Trinajstić information content (AvgIpc) is 2.85. The number of ether oxygens (including phenoxy) is 6. The maximum absolute atomic E-state index is 11.7. The van der Waals surface area contributed by atoms with E-state index in [1.165, 1.54) is 14.0 Å². The molecule has 16 heteroatoms. The maximum Gasteiger partial charge on any atom is 0.217 e. The summed E-state index contributed by atoms with van der Waals surface area (Å²) in [7, 11) is 1.25. The van der Waals surface area contributed by atoms with Gasteiger partial charge in [0.05, 0.1) is 19.3 Å². The first-order valence-electron chi connectivity index (χ1n) is 11.8. The summed E-state index contributed by atoms with van der Waals surface area (Å²) >= 11 is 0. The van der Waals surface area contributed by atoms with Crippen LogP contribution in [0.5, 0.6) is 0 Å². The van der Waals surface area contributed by atoms with Crippen LogP contribution in [0.3, 0.4) is 0 Å². The first kappa shape index (κ1) is 30.5. The van der Waals surface area contributed by atoms with Crippen LogP contribution in [0.4, 0.5) is 0 Å². The molecule has 9 N–H and O–H groups in total. The van der Waals surface area contributed by atoms with E-state index < -0.39 is 111 Å². The molecule has 1 amide bonds. The van der Waals surface area contributed by atoms with Crippen LogP contribution in [0, 0.1) is 0 Å². The smallest absolute Gasteiger partial charge is 0.217 e. The minimum absolute atomic E-state index is 0.402. The van der Waals surface area contributed by atoms with Crippen molar-refractivity contribution in [3.8, 4) is 0 Å². The molecule has 0 aromatic rings. The third-order valence-corrected chi connectivity index (χ3v) is 6.68. The predicted octanol–water partition coefficient (Wildman–Crippen LogP) is -5.75. The molecule has 0 radical (unpaired) electrons. The zero-order valence-corrected chi connectivity index (χ0v) is 20.5. The van der Waals surface area contributed by atoms with Gasteiger partial charge in [-0.2, -0.15) is 0 Å². The lowest BCUT2D eigenvalue weighted by atomic mass is 9.96. The predicted molar refractivity (Wildman–Crippen MR) is 116 cm³/mol. The standard InChI is InChI=1S/C21H37NO15/c1-6-11(25)14(28)18(37-20-10(22-7(2)24)13(27)12(26)8(4-23)36-20)21(34-6)33-5-9-17(32-3)15(29)16(30)19(31)35-9/h6,8-21,23,25-31H,4-5H2,1-3H3,(H,22,24)/t6-,8-,9-,10+,11-,12-,13-,14+,15-,16-,17-,18+,19+,20+,21-/m1/s1. The Morgan fingerprint density at radius 3 is 2.05 bits per heavy atom. The molecular weight excluding hydrogens is 506 g/mol. The third-order valence-electron chi connectivity index (χ3n) is 6.68. The van der Waals surface area contributed by atoms with Crippen molar-refractivity contribution in [3.05, 3.63) is 0 Å². The van der Waals surface area contributed by atoms with Crippen LogP contribution in [-0.2, 0) is 33.2 Å². The number of methoxy groups -OCH3 is 1. The fraction of sp³-hybridized carbons (Fsp3) is 0.952. The summed E-state index contributed by atoms with van der Waals surface area (Å²) in [6.45, 7) is 1.50. The lowest BCUT2D eigenvalue weighted by molar-refractivity contribution is -0.359. The SMILES string of the molecule is CO[C@H]1[C@H](O)[C@@H](O)[C@@H](O)O[C@@H]1CO[C@@H]1O[C@H](C)[C@@H](O)[C@H](O)[C@@H]1O[C@@H]1O[C@H](CO)[C@@H](O)[C@H](O)[C@@H]1NC(C)=O. The zero-order valence-electron chi connectivity index (χ0n) is 20.5. The van der Waals surface area contributed by atoms with Gasteiger partial charge in [0.1, 0.15) is 67.1 Å². The highest BCUT2D eigenvalue weighted by Gasteiger charge is 2.51. The number of hydrogen-bond donors (Lipinski definition) is 9. The van der Waals surface area contributed by atoms with Gasteiger partial charge in [-0.25, -0.2) is 0 Å². The van der Waals surface area contributed by atoms with Crippen molar-refractivity contribution in [1.29, 1.82) is 0 Å². The summed E-state index contributed by atoms with van der Waals surface area (Å²) < 4.78 is 33.1. The molecule has 3 heterocycles. The number of aliphatic hydroxyl groups is 8. The molecule has 0 saturated carbocycles. The Kier molecular flexibility index (Phi) is 10.6. The third kappa shape index (κ3) is 6.56. The highest BCUT2D eigenvalue weighted by atomic mass is 16.8. The Hall–Kier alpha value is -1.09. The minimum atomic E-state index is -1.74. The molecule has 0 aliphatic carbocycles. The van der Waals surface area contributed by atoms with E-state index in [0.29, 0.717) is 0 Å². The first-order valence-corrected chi connectivity index (χ1v) is 11.8. The number of amides is 1. The van der Waals surface area contributed by atoms with Crippen LogP contribution in [0.2, 0.25) is 0 Å². The summed E-state index contributed by atoms with van der Waals surface area (Å²) in [4.78, 5) is 11.7. The molecule has 216 valence electrons. The summed E-state index contributed by atoms with van der Waals surface area (Å²) in [6, 6.07) is -1.34. The molecular formula is C21H37NO15. The topological polar surface area (TPSA) is 246 Å². The van der Waals surface area contributed by atoms with Crippen LogP contribution < -0.4 is 5.32 Å². The average molecular weight is 544 g/mol. The molecule has 0 aromatic heterocycles. The molecule has 3 aliphatic heterocycles. The fourth-order valence-electron chi connectivity index (χ4n) is 4.56. The lowest BCUT2D eigenvalue weighted by Crippen LogP contribution is -2.67. The molecule has 3 rings (SSSR count). The van der Waals surface area contributed by atoms with Gasteiger partial charge < -0.3 is 74.6 Å². The van der Waals surface area contributed by atoms with E-state index in [4.69, 9.17) is 28.4 Å². The molecule has 0 unspecified atom stereocenters. The van der Waals surface area contributed by atoms with Crippen LogP contribution in [0.15, 0.2) is 0 Å². The lowest BCUT2D eigenvalue weighted by Gasteiger charge is -2.47. The fourth-order valence-corrected chi connectivity index (χ4v) is 4.56. The van der Waals surface area contributed by atoms with Gasteiger partial charge in [-0.3, -0.25) is 4.79 Å². The molecule has 15 atom stereocenters. The van der Waals surface area contributed by atoms with E-state index in [2.05, 4.69) is 5.32 Å². The van der Waals surface area contributed by atoms with Gasteiger partial charge >= 0.3 is 0 Å².